The quantitative estimate of drug-likeness (QED) is 0.417. The van der Waals surface area contributed by atoms with E-state index in [9.17, 15) is 14.4 Å². The topological polar surface area (TPSA) is 103 Å². The molecular weight excluding hydrogens is 450 g/mol. The molecule has 34 heavy (non-hydrogen) atoms. The number of likely N-dealkylation sites (tertiary alicyclic amines) is 1. The van der Waals surface area contributed by atoms with Crippen molar-refractivity contribution in [3.8, 4) is 10.4 Å². The van der Waals surface area contributed by atoms with Gasteiger partial charge in [0.15, 0.2) is 0 Å². The lowest BCUT2D eigenvalue weighted by Crippen LogP contribution is -2.29. The van der Waals surface area contributed by atoms with Crippen molar-refractivity contribution < 1.29 is 14.7 Å². The highest BCUT2D eigenvalue weighted by Crippen LogP contribution is 2.31. The summed E-state index contributed by atoms with van der Waals surface area (Å²) in [4.78, 5) is 48.2. The molecule has 1 saturated heterocycles. The number of aromatic amines is 1. The number of carbonyl (C=O) groups is 2. The number of hydrogen-bond acceptors (Lipinski definition) is 5. The van der Waals surface area contributed by atoms with Gasteiger partial charge in [0.25, 0.3) is 11.5 Å². The van der Waals surface area contributed by atoms with Gasteiger partial charge < -0.3 is 15.0 Å². The van der Waals surface area contributed by atoms with Crippen molar-refractivity contribution in [1.82, 2.24) is 14.9 Å². The average Bonchev–Trinajstić information content (AvgIpc) is 3.54. The molecule has 5 rings (SSSR count). The van der Waals surface area contributed by atoms with Crippen LogP contribution in [0.3, 0.4) is 0 Å². The molecule has 2 aromatic carbocycles. The summed E-state index contributed by atoms with van der Waals surface area (Å²) in [5.41, 5.74) is 1.77. The first-order chi connectivity index (χ1) is 16.5. The maximum atomic E-state index is 13.4. The van der Waals surface area contributed by atoms with Crippen molar-refractivity contribution in [3.05, 3.63) is 88.0 Å². The van der Waals surface area contributed by atoms with Gasteiger partial charge in [0.05, 0.1) is 16.5 Å². The molecule has 2 N–H and O–H groups in total. The summed E-state index contributed by atoms with van der Waals surface area (Å²) in [6, 6.07) is 17.8. The van der Waals surface area contributed by atoms with Gasteiger partial charge >= 0.3 is 5.97 Å². The lowest BCUT2D eigenvalue weighted by atomic mass is 10.1. The highest BCUT2D eigenvalue weighted by atomic mass is 32.1. The van der Waals surface area contributed by atoms with E-state index in [2.05, 4.69) is 9.97 Å². The molecule has 0 radical (unpaired) electrons. The predicted molar refractivity (Wildman–Crippen MR) is 133 cm³/mol. The third-order valence-electron chi connectivity index (χ3n) is 5.81. The summed E-state index contributed by atoms with van der Waals surface area (Å²) in [5, 5.41) is 9.64. The lowest BCUT2D eigenvalue weighted by molar-refractivity contribution is -0.123. The number of nitrogens with one attached hydrogen (secondary N) is 1. The number of amides is 1. The van der Waals surface area contributed by atoms with Crippen molar-refractivity contribution in [2.45, 2.75) is 12.8 Å². The Kier molecular flexibility index (Phi) is 5.81. The zero-order valence-electron chi connectivity index (χ0n) is 18.2. The van der Waals surface area contributed by atoms with E-state index in [1.165, 1.54) is 23.5 Å². The van der Waals surface area contributed by atoms with Gasteiger partial charge in [0.1, 0.15) is 10.7 Å². The van der Waals surface area contributed by atoms with E-state index in [-0.39, 0.29) is 28.4 Å². The molecule has 170 valence electrons. The van der Waals surface area contributed by atoms with E-state index < -0.39 is 5.97 Å². The Labute approximate surface area is 199 Å². The Bertz CT molecular complexity index is 1460. The fourth-order valence-electron chi connectivity index (χ4n) is 4.01. The van der Waals surface area contributed by atoms with Gasteiger partial charge in [-0.2, -0.15) is 0 Å². The Morgan fingerprint density at radius 3 is 2.41 bits per heavy atom. The van der Waals surface area contributed by atoms with Crippen molar-refractivity contribution in [3.63, 3.8) is 0 Å². The van der Waals surface area contributed by atoms with Gasteiger partial charge in [-0.1, -0.05) is 42.5 Å². The first-order valence-electron chi connectivity index (χ1n) is 10.9. The van der Waals surface area contributed by atoms with Crippen LogP contribution in [0.1, 0.15) is 34.6 Å². The van der Waals surface area contributed by atoms with E-state index in [0.29, 0.717) is 28.9 Å². The van der Waals surface area contributed by atoms with Crippen LogP contribution in [0.25, 0.3) is 32.3 Å². The molecular formula is C26H21N3O4S. The molecule has 0 bridgehead atoms. The van der Waals surface area contributed by atoms with Gasteiger partial charge in [-0.3, -0.25) is 9.59 Å². The van der Waals surface area contributed by atoms with Crippen molar-refractivity contribution in [2.24, 2.45) is 0 Å². The number of fused-ring (bicyclic) bond motifs is 1. The number of carbonyl (C=O) groups excluding carboxylic acids is 1. The molecule has 1 amide bonds. The minimum Gasteiger partial charge on any atom is -0.478 e. The molecule has 7 nitrogen and oxygen atoms in total. The fourth-order valence-corrected chi connectivity index (χ4v) is 5.05. The molecule has 2 aromatic heterocycles. The fraction of sp³-hybridized carbons (Fsp3) is 0.154. The third kappa shape index (κ3) is 4.27. The Morgan fingerprint density at radius 1 is 1.03 bits per heavy atom. The largest absolute Gasteiger partial charge is 0.478 e. The Morgan fingerprint density at radius 2 is 1.74 bits per heavy atom. The van der Waals surface area contributed by atoms with Crippen LogP contribution >= 0.6 is 11.3 Å². The van der Waals surface area contributed by atoms with Crippen LogP contribution in [0, 0.1) is 0 Å². The molecule has 1 fully saturated rings. The molecule has 8 heteroatoms. The number of thiophene rings is 1. The van der Waals surface area contributed by atoms with Crippen LogP contribution in [0.4, 0.5) is 0 Å². The molecule has 0 aliphatic carbocycles. The number of nitrogens with zero attached hydrogens (tertiary/aromatic N) is 2. The standard InChI is InChI=1S/C26H21N3O4S/c30-23-20-15-21(17-6-2-1-3-7-17)34-24(20)28-22(27-23)19(25(31)29-12-4-5-13-29)14-16-8-10-18(11-9-16)26(32)33/h1-3,6-11,14-15H,4-5,12-13H2,(H,32,33)(H,27,28,30)/b19-14+. The summed E-state index contributed by atoms with van der Waals surface area (Å²) in [6.07, 6.45) is 3.52. The van der Waals surface area contributed by atoms with Gasteiger partial charge in [0, 0.05) is 18.0 Å². The normalized spacial score (nSPS) is 14.0. The maximum absolute atomic E-state index is 13.4. The second kappa shape index (κ2) is 9.07. The van der Waals surface area contributed by atoms with Crippen LogP contribution in [-0.4, -0.2) is 44.9 Å². The molecule has 0 atom stereocenters. The molecule has 0 spiro atoms. The van der Waals surface area contributed by atoms with Crippen LogP contribution in [-0.2, 0) is 4.79 Å². The number of carboxylic acid groups (broad SMARTS) is 1. The first-order valence-corrected chi connectivity index (χ1v) is 11.8. The molecule has 4 aromatic rings. The summed E-state index contributed by atoms with van der Waals surface area (Å²) in [6.45, 7) is 1.30. The second-order valence-corrected chi connectivity index (χ2v) is 9.13. The van der Waals surface area contributed by atoms with E-state index in [1.54, 1.807) is 23.1 Å². The van der Waals surface area contributed by atoms with E-state index in [4.69, 9.17) is 5.11 Å². The molecule has 3 heterocycles. The van der Waals surface area contributed by atoms with Crippen LogP contribution in [0.2, 0.25) is 0 Å². The number of aromatic nitrogens is 2. The van der Waals surface area contributed by atoms with Crippen LogP contribution in [0.15, 0.2) is 65.5 Å². The first kappa shape index (κ1) is 21.8. The van der Waals surface area contributed by atoms with Crippen LogP contribution < -0.4 is 5.56 Å². The van der Waals surface area contributed by atoms with Gasteiger partial charge in [-0.15, -0.1) is 11.3 Å². The summed E-state index contributed by atoms with van der Waals surface area (Å²) in [7, 11) is 0. The van der Waals surface area contributed by atoms with Gasteiger partial charge in [0.2, 0.25) is 0 Å². The lowest BCUT2D eigenvalue weighted by Gasteiger charge is -2.17. The van der Waals surface area contributed by atoms with Crippen molar-refractivity contribution >= 4 is 45.1 Å². The number of H-pyrrole nitrogens is 1. The van der Waals surface area contributed by atoms with E-state index in [0.717, 1.165) is 23.3 Å². The Hall–Kier alpha value is -4.04. The maximum Gasteiger partial charge on any atom is 0.335 e. The minimum atomic E-state index is -1.02. The number of rotatable bonds is 5. The summed E-state index contributed by atoms with van der Waals surface area (Å²) >= 11 is 1.40. The summed E-state index contributed by atoms with van der Waals surface area (Å²) < 4.78 is 0. The number of benzene rings is 2. The summed E-state index contributed by atoms with van der Waals surface area (Å²) in [5.74, 6) is -1.02. The number of carboxylic acids is 1. The smallest absolute Gasteiger partial charge is 0.335 e. The van der Waals surface area contributed by atoms with Crippen LogP contribution in [0.5, 0.6) is 0 Å². The van der Waals surface area contributed by atoms with Gasteiger partial charge in [-0.05, 0) is 48.2 Å². The molecule has 0 unspecified atom stereocenters. The monoisotopic (exact) mass is 471 g/mol. The highest BCUT2D eigenvalue weighted by Gasteiger charge is 2.25. The zero-order valence-corrected chi connectivity index (χ0v) is 19.0. The second-order valence-electron chi connectivity index (χ2n) is 8.09. The van der Waals surface area contributed by atoms with Crippen molar-refractivity contribution in [1.29, 1.82) is 0 Å². The van der Waals surface area contributed by atoms with Gasteiger partial charge in [-0.25, -0.2) is 9.78 Å². The molecule has 0 saturated carbocycles. The minimum absolute atomic E-state index is 0.157. The van der Waals surface area contributed by atoms with E-state index >= 15 is 0 Å². The predicted octanol–water partition coefficient (Wildman–Crippen LogP) is 4.51. The van der Waals surface area contributed by atoms with E-state index in [1.807, 2.05) is 36.4 Å². The third-order valence-corrected chi connectivity index (χ3v) is 6.89. The molecule has 1 aliphatic rings. The average molecular weight is 472 g/mol. The number of aromatic carboxylic acids is 1. The highest BCUT2D eigenvalue weighted by molar-refractivity contribution is 7.21. The number of hydrogen-bond donors (Lipinski definition) is 2. The zero-order chi connectivity index (χ0) is 23.7. The Balaban J connectivity index is 1.61. The van der Waals surface area contributed by atoms with Crippen molar-refractivity contribution in [2.75, 3.05) is 13.1 Å². The SMILES string of the molecule is O=C(O)c1ccc(/C=C(/C(=O)N2CCCC2)c2nc3sc(-c4ccccc4)cc3c(=O)[nH]2)cc1. The molecule has 1 aliphatic heterocycles.